The first-order valence-electron chi connectivity index (χ1n) is 13.9. The van der Waals surface area contributed by atoms with Crippen LogP contribution >= 0.6 is 23.2 Å². The zero-order chi connectivity index (χ0) is 32.0. The van der Waals surface area contributed by atoms with Crippen LogP contribution in [0.5, 0.6) is 0 Å². The molecule has 1 aromatic heterocycles. The topological polar surface area (TPSA) is 174 Å². The van der Waals surface area contributed by atoms with Crippen molar-refractivity contribution in [1.82, 2.24) is 25.5 Å². The number of carboxylic acids is 1. The molecule has 2 heterocycles. The van der Waals surface area contributed by atoms with Gasteiger partial charge in [0.15, 0.2) is 0 Å². The Balaban J connectivity index is 1.48. The summed E-state index contributed by atoms with van der Waals surface area (Å²) >= 11 is 12.3. The lowest BCUT2D eigenvalue weighted by Crippen LogP contribution is -2.57. The lowest BCUT2D eigenvalue weighted by Gasteiger charge is -2.43. The number of H-pyrrole nitrogens is 1. The first-order valence-corrected chi connectivity index (χ1v) is 14.7. The molecule has 2 aromatic carbocycles. The van der Waals surface area contributed by atoms with Crippen LogP contribution < -0.4 is 21.6 Å². The van der Waals surface area contributed by atoms with Gasteiger partial charge in [-0.3, -0.25) is 9.59 Å². The summed E-state index contributed by atoms with van der Waals surface area (Å²) in [5, 5.41) is 18.2. The number of aromatic amines is 1. The number of aromatic nitrogens is 2. The Bertz CT molecular complexity index is 1580. The molecule has 232 valence electrons. The van der Waals surface area contributed by atoms with E-state index in [-0.39, 0.29) is 58.3 Å². The molecule has 44 heavy (non-hydrogen) atoms. The quantitative estimate of drug-likeness (QED) is 0.236. The number of aliphatic carboxylic acids is 1. The van der Waals surface area contributed by atoms with E-state index in [1.54, 1.807) is 6.07 Å². The Hall–Kier alpha value is -4.42. The summed E-state index contributed by atoms with van der Waals surface area (Å²) in [6.45, 7) is 4.13. The number of anilines is 1. The summed E-state index contributed by atoms with van der Waals surface area (Å²) < 4.78 is 0. The van der Waals surface area contributed by atoms with Gasteiger partial charge in [-0.15, -0.1) is 0 Å². The number of nitrogens with zero attached hydrogens (tertiary/aromatic N) is 2. The van der Waals surface area contributed by atoms with Crippen LogP contribution in [0.4, 0.5) is 10.6 Å². The van der Waals surface area contributed by atoms with Gasteiger partial charge in [0.1, 0.15) is 11.9 Å². The molecule has 0 radical (unpaired) electrons. The minimum absolute atomic E-state index is 0.0480. The fourth-order valence-electron chi connectivity index (χ4n) is 4.95. The number of hydrogen-bond donors (Lipinski definition) is 5. The van der Waals surface area contributed by atoms with Gasteiger partial charge in [-0.05, 0) is 30.5 Å². The highest BCUT2D eigenvalue weighted by Gasteiger charge is 2.39. The van der Waals surface area contributed by atoms with E-state index in [2.05, 4.69) is 25.9 Å². The molecule has 3 aromatic rings. The highest BCUT2D eigenvalue weighted by atomic mass is 35.5. The number of nitrogens with one attached hydrogen (secondary N) is 4. The molecule has 1 aliphatic heterocycles. The first kappa shape index (κ1) is 32.5. The van der Waals surface area contributed by atoms with Crippen molar-refractivity contribution in [2.75, 3.05) is 18.4 Å². The van der Waals surface area contributed by atoms with Crippen LogP contribution in [0.1, 0.15) is 48.2 Å². The number of carbonyl (C=O) groups is 4. The molecular weight excluding hydrogens is 611 g/mol. The van der Waals surface area contributed by atoms with Crippen LogP contribution in [-0.4, -0.2) is 62.9 Å². The number of halogens is 2. The van der Waals surface area contributed by atoms with Crippen molar-refractivity contribution in [2.45, 2.75) is 44.7 Å². The molecule has 1 saturated heterocycles. The Kier molecular flexibility index (Phi) is 10.3. The van der Waals surface area contributed by atoms with Crippen LogP contribution in [0.3, 0.4) is 0 Å². The standard InChI is InChI=1S/C30H32Cl2N6O6/c1-17(2)25(39)37-30(19-7-4-3-5-8-19)11-13-38(14-12-30)29(44)34-22(27(41)42)15-18-16-33-28(43)36-24(18)35-26(40)23-20(31)9-6-10-21(23)32/h3-10,16-17,22H,11-15H2,1-2H3,(H,34,44)(H,37,39)(H,41,42)(H2,33,35,36,40,43). The van der Waals surface area contributed by atoms with Gasteiger partial charge in [0, 0.05) is 37.2 Å². The third kappa shape index (κ3) is 7.56. The molecule has 1 aliphatic rings. The average molecular weight is 644 g/mol. The third-order valence-corrected chi connectivity index (χ3v) is 8.08. The third-order valence-electron chi connectivity index (χ3n) is 7.45. The molecule has 0 aliphatic carbocycles. The lowest BCUT2D eigenvalue weighted by atomic mass is 9.80. The maximum absolute atomic E-state index is 13.2. The summed E-state index contributed by atoms with van der Waals surface area (Å²) in [6.07, 6.45) is 1.74. The van der Waals surface area contributed by atoms with Gasteiger partial charge in [0.25, 0.3) is 5.91 Å². The Morgan fingerprint density at radius 1 is 1.02 bits per heavy atom. The van der Waals surface area contributed by atoms with Crippen molar-refractivity contribution >= 4 is 52.8 Å². The number of benzene rings is 2. The maximum atomic E-state index is 13.2. The molecule has 12 nitrogen and oxygen atoms in total. The zero-order valence-electron chi connectivity index (χ0n) is 24.0. The van der Waals surface area contributed by atoms with Crippen molar-refractivity contribution in [1.29, 1.82) is 0 Å². The Labute approximate surface area is 263 Å². The Morgan fingerprint density at radius 3 is 2.25 bits per heavy atom. The van der Waals surface area contributed by atoms with E-state index in [9.17, 15) is 29.1 Å². The van der Waals surface area contributed by atoms with Gasteiger partial charge in [0.2, 0.25) is 5.91 Å². The fraction of sp³-hybridized carbons (Fsp3) is 0.333. The molecule has 1 atom stereocenters. The summed E-state index contributed by atoms with van der Waals surface area (Å²) in [6, 6.07) is 12.0. The van der Waals surface area contributed by atoms with Gasteiger partial charge in [0.05, 0.1) is 21.1 Å². The van der Waals surface area contributed by atoms with Crippen LogP contribution in [0.25, 0.3) is 0 Å². The molecule has 14 heteroatoms. The molecule has 4 rings (SSSR count). The second-order valence-electron chi connectivity index (χ2n) is 10.8. The monoisotopic (exact) mass is 642 g/mol. The number of amides is 4. The smallest absolute Gasteiger partial charge is 0.346 e. The van der Waals surface area contributed by atoms with Gasteiger partial charge >= 0.3 is 17.7 Å². The molecule has 1 unspecified atom stereocenters. The van der Waals surface area contributed by atoms with Gasteiger partial charge in [-0.2, -0.15) is 4.98 Å². The molecule has 5 N–H and O–H groups in total. The normalized spacial score (nSPS) is 14.9. The van der Waals surface area contributed by atoms with E-state index >= 15 is 0 Å². The number of hydrogen-bond acceptors (Lipinski definition) is 6. The highest BCUT2D eigenvalue weighted by molar-refractivity contribution is 6.40. The lowest BCUT2D eigenvalue weighted by molar-refractivity contribution is -0.139. The van der Waals surface area contributed by atoms with Crippen LogP contribution in [-0.2, 0) is 21.5 Å². The molecule has 0 bridgehead atoms. The number of urea groups is 1. The minimum atomic E-state index is -1.43. The number of likely N-dealkylation sites (tertiary alicyclic amines) is 1. The summed E-state index contributed by atoms with van der Waals surface area (Å²) in [7, 11) is 0. The Morgan fingerprint density at radius 2 is 1.66 bits per heavy atom. The largest absolute Gasteiger partial charge is 0.480 e. The molecule has 0 saturated carbocycles. The number of carbonyl (C=O) groups excluding carboxylic acids is 3. The SMILES string of the molecule is CC(C)C(=O)NC1(c2ccccc2)CCN(C(=O)NC(Cc2c[nH]c(=O)nc2NC(=O)c2c(Cl)cccc2Cl)C(=O)O)CC1. The van der Waals surface area contributed by atoms with Crippen molar-refractivity contribution < 1.29 is 24.3 Å². The minimum Gasteiger partial charge on any atom is -0.480 e. The van der Waals surface area contributed by atoms with Crippen molar-refractivity contribution in [3.8, 4) is 0 Å². The first-order chi connectivity index (χ1) is 20.9. The second kappa shape index (κ2) is 13.9. The van der Waals surface area contributed by atoms with Gasteiger partial charge in [-0.1, -0.05) is 73.4 Å². The van der Waals surface area contributed by atoms with Gasteiger partial charge in [-0.25, -0.2) is 14.4 Å². The van der Waals surface area contributed by atoms with E-state index < -0.39 is 35.2 Å². The van der Waals surface area contributed by atoms with E-state index in [1.165, 1.54) is 23.2 Å². The van der Waals surface area contributed by atoms with Crippen LogP contribution in [0.15, 0.2) is 59.5 Å². The summed E-state index contributed by atoms with van der Waals surface area (Å²) in [5.74, 6) is -2.63. The van der Waals surface area contributed by atoms with Crippen LogP contribution in [0.2, 0.25) is 10.0 Å². The predicted molar refractivity (Wildman–Crippen MR) is 165 cm³/mol. The maximum Gasteiger partial charge on any atom is 0.346 e. The predicted octanol–water partition coefficient (Wildman–Crippen LogP) is 3.80. The van der Waals surface area contributed by atoms with E-state index in [0.29, 0.717) is 12.8 Å². The molecule has 4 amide bonds. The number of rotatable bonds is 9. The molecule has 1 fully saturated rings. The van der Waals surface area contributed by atoms with Crippen molar-refractivity contribution in [2.24, 2.45) is 5.92 Å². The summed E-state index contributed by atoms with van der Waals surface area (Å²) in [5.41, 5.74) is -0.439. The average Bonchev–Trinajstić information content (AvgIpc) is 2.98. The van der Waals surface area contributed by atoms with E-state index in [1.807, 2.05) is 44.2 Å². The van der Waals surface area contributed by atoms with E-state index in [4.69, 9.17) is 23.2 Å². The van der Waals surface area contributed by atoms with Gasteiger partial charge < -0.3 is 30.9 Å². The molecule has 0 spiro atoms. The van der Waals surface area contributed by atoms with E-state index in [0.717, 1.165) is 5.56 Å². The second-order valence-corrected chi connectivity index (χ2v) is 11.6. The zero-order valence-corrected chi connectivity index (χ0v) is 25.5. The van der Waals surface area contributed by atoms with Crippen LogP contribution in [0, 0.1) is 5.92 Å². The summed E-state index contributed by atoms with van der Waals surface area (Å²) in [4.78, 5) is 70.7. The fourth-order valence-corrected chi connectivity index (χ4v) is 5.52. The van der Waals surface area contributed by atoms with Crippen molar-refractivity contribution in [3.63, 3.8) is 0 Å². The number of carboxylic acid groups (broad SMARTS) is 1. The highest BCUT2D eigenvalue weighted by Crippen LogP contribution is 2.33. The number of piperidine rings is 1. The van der Waals surface area contributed by atoms with Crippen molar-refractivity contribution in [3.05, 3.63) is 91.9 Å². The molecular formula is C30H32Cl2N6O6.